The fourth-order valence-corrected chi connectivity index (χ4v) is 2.99. The number of carbonyl (C=O) groups is 1. The van der Waals surface area contributed by atoms with Crippen molar-refractivity contribution in [3.8, 4) is 0 Å². The lowest BCUT2D eigenvalue weighted by atomic mass is 10.0. The third kappa shape index (κ3) is 2.18. The molecule has 1 fully saturated rings. The average Bonchev–Trinajstić information content (AvgIpc) is 2.66. The smallest absolute Gasteiger partial charge is 0.228 e. The van der Waals surface area contributed by atoms with Gasteiger partial charge in [0.25, 0.3) is 0 Å². The van der Waals surface area contributed by atoms with Crippen molar-refractivity contribution in [2.75, 3.05) is 5.32 Å². The molecule has 1 aromatic rings. The van der Waals surface area contributed by atoms with Gasteiger partial charge in [-0.2, -0.15) is 0 Å². The van der Waals surface area contributed by atoms with Gasteiger partial charge in [0, 0.05) is 12.0 Å². The van der Waals surface area contributed by atoms with Gasteiger partial charge >= 0.3 is 0 Å². The number of benzene rings is 1. The number of hydrogen-bond donors (Lipinski definition) is 1. The number of halogens is 3. The predicted molar refractivity (Wildman–Crippen MR) is 73.7 cm³/mol. The van der Waals surface area contributed by atoms with Crippen molar-refractivity contribution >= 4 is 27.5 Å². The topological polar surface area (TPSA) is 29.1 Å². The molecule has 1 N–H and O–H groups in total. The van der Waals surface area contributed by atoms with E-state index < -0.39 is 11.6 Å². The van der Waals surface area contributed by atoms with Crippen molar-refractivity contribution in [3.63, 3.8) is 0 Å². The van der Waals surface area contributed by atoms with E-state index >= 15 is 0 Å². The molecule has 104 valence electrons. The van der Waals surface area contributed by atoms with Gasteiger partial charge in [0.05, 0.1) is 10.2 Å². The maximum atomic E-state index is 13.6. The summed E-state index contributed by atoms with van der Waals surface area (Å²) in [5, 5.41) is 2.48. The van der Waals surface area contributed by atoms with Crippen LogP contribution in [0.2, 0.25) is 0 Å². The lowest BCUT2D eigenvalue weighted by Gasteiger charge is -2.08. The van der Waals surface area contributed by atoms with Crippen molar-refractivity contribution in [1.82, 2.24) is 0 Å². The van der Waals surface area contributed by atoms with Crippen LogP contribution in [0.15, 0.2) is 16.6 Å². The first-order chi connectivity index (χ1) is 8.59. The molecule has 0 unspecified atom stereocenters. The highest BCUT2D eigenvalue weighted by Crippen LogP contribution is 2.68. The molecular formula is C14H16BrF2NO. The van der Waals surface area contributed by atoms with E-state index in [4.69, 9.17) is 0 Å². The van der Waals surface area contributed by atoms with Gasteiger partial charge in [0.15, 0.2) is 0 Å². The number of amides is 1. The molecular weight excluding hydrogens is 316 g/mol. The highest BCUT2D eigenvalue weighted by atomic mass is 79.9. The second-order valence-corrected chi connectivity index (χ2v) is 6.97. The van der Waals surface area contributed by atoms with E-state index in [-0.39, 0.29) is 32.8 Å². The van der Waals surface area contributed by atoms with E-state index in [0.717, 1.165) is 12.1 Å². The molecule has 0 bridgehead atoms. The second-order valence-electron chi connectivity index (χ2n) is 6.11. The first-order valence-corrected chi connectivity index (χ1v) is 6.83. The van der Waals surface area contributed by atoms with E-state index in [1.807, 2.05) is 27.7 Å². The van der Waals surface area contributed by atoms with Gasteiger partial charge in [0.1, 0.15) is 11.6 Å². The zero-order valence-corrected chi connectivity index (χ0v) is 12.9. The van der Waals surface area contributed by atoms with E-state index in [0.29, 0.717) is 0 Å². The molecule has 19 heavy (non-hydrogen) atoms. The third-order valence-electron chi connectivity index (χ3n) is 4.55. The molecule has 1 aliphatic rings. The first kappa shape index (κ1) is 14.4. The van der Waals surface area contributed by atoms with Gasteiger partial charge in [-0.1, -0.05) is 27.7 Å². The summed E-state index contributed by atoms with van der Waals surface area (Å²) in [6.45, 7) is 7.98. The Labute approximate surface area is 119 Å². The summed E-state index contributed by atoms with van der Waals surface area (Å²) in [4.78, 5) is 12.1. The summed E-state index contributed by atoms with van der Waals surface area (Å²) in [6.07, 6.45) is 0. The van der Waals surface area contributed by atoms with E-state index in [2.05, 4.69) is 21.2 Å². The van der Waals surface area contributed by atoms with Crippen molar-refractivity contribution in [1.29, 1.82) is 0 Å². The van der Waals surface area contributed by atoms with Crippen molar-refractivity contribution < 1.29 is 13.6 Å². The minimum absolute atomic E-state index is 0.0371. The van der Waals surface area contributed by atoms with Gasteiger partial charge in [-0.3, -0.25) is 4.79 Å². The Morgan fingerprint density at radius 3 is 2.16 bits per heavy atom. The van der Waals surface area contributed by atoms with Crippen LogP contribution >= 0.6 is 15.9 Å². The van der Waals surface area contributed by atoms with Crippen LogP contribution in [0.4, 0.5) is 14.5 Å². The Bertz CT molecular complexity index is 541. The quantitative estimate of drug-likeness (QED) is 0.802. The Morgan fingerprint density at radius 1 is 1.16 bits per heavy atom. The van der Waals surface area contributed by atoms with Crippen LogP contribution in [0.3, 0.4) is 0 Å². The number of hydrogen-bond acceptors (Lipinski definition) is 1. The van der Waals surface area contributed by atoms with Crippen LogP contribution < -0.4 is 5.32 Å². The zero-order chi connectivity index (χ0) is 14.6. The SMILES string of the molecule is CC1(C)C(C(=O)Nc2cc(F)c(Br)cc2F)C1(C)C. The molecule has 0 aliphatic heterocycles. The number of anilines is 1. The maximum Gasteiger partial charge on any atom is 0.228 e. The van der Waals surface area contributed by atoms with Crippen LogP contribution in [0.25, 0.3) is 0 Å². The molecule has 1 aromatic carbocycles. The zero-order valence-electron chi connectivity index (χ0n) is 11.3. The highest BCUT2D eigenvalue weighted by molar-refractivity contribution is 9.10. The van der Waals surface area contributed by atoms with Gasteiger partial charge in [-0.15, -0.1) is 0 Å². The molecule has 1 aliphatic carbocycles. The monoisotopic (exact) mass is 331 g/mol. The van der Waals surface area contributed by atoms with Gasteiger partial charge in [0.2, 0.25) is 5.91 Å². The normalized spacial score (nSPS) is 20.2. The Morgan fingerprint density at radius 2 is 1.68 bits per heavy atom. The van der Waals surface area contributed by atoms with Crippen molar-refractivity contribution in [2.24, 2.45) is 16.7 Å². The lowest BCUT2D eigenvalue weighted by molar-refractivity contribution is -0.118. The fraction of sp³-hybridized carbons (Fsp3) is 0.500. The van der Waals surface area contributed by atoms with E-state index in [1.54, 1.807) is 0 Å². The summed E-state index contributed by atoms with van der Waals surface area (Å²) in [5.74, 6) is -1.73. The largest absolute Gasteiger partial charge is 0.323 e. The van der Waals surface area contributed by atoms with Crippen LogP contribution in [-0.4, -0.2) is 5.91 Å². The van der Waals surface area contributed by atoms with Crippen molar-refractivity contribution in [3.05, 3.63) is 28.2 Å². The molecule has 0 aromatic heterocycles. The molecule has 5 heteroatoms. The van der Waals surface area contributed by atoms with Crippen LogP contribution in [0.5, 0.6) is 0 Å². The molecule has 0 saturated heterocycles. The van der Waals surface area contributed by atoms with E-state index in [1.165, 1.54) is 0 Å². The molecule has 1 amide bonds. The summed E-state index contributed by atoms with van der Waals surface area (Å²) in [7, 11) is 0. The van der Waals surface area contributed by atoms with Crippen LogP contribution in [0.1, 0.15) is 27.7 Å². The van der Waals surface area contributed by atoms with Gasteiger partial charge < -0.3 is 5.32 Å². The van der Waals surface area contributed by atoms with Gasteiger partial charge in [-0.25, -0.2) is 8.78 Å². The highest BCUT2D eigenvalue weighted by Gasteiger charge is 2.68. The molecule has 1 saturated carbocycles. The molecule has 2 nitrogen and oxygen atoms in total. The number of rotatable bonds is 2. The minimum Gasteiger partial charge on any atom is -0.323 e. The van der Waals surface area contributed by atoms with Crippen LogP contribution in [-0.2, 0) is 4.79 Å². The summed E-state index contributed by atoms with van der Waals surface area (Å²) < 4.78 is 27.1. The fourth-order valence-electron chi connectivity index (χ4n) is 2.68. The van der Waals surface area contributed by atoms with Crippen molar-refractivity contribution in [2.45, 2.75) is 27.7 Å². The summed E-state index contributed by atoms with van der Waals surface area (Å²) in [6, 6.07) is 1.99. The summed E-state index contributed by atoms with van der Waals surface area (Å²) >= 11 is 2.90. The Balaban J connectivity index is 2.20. The van der Waals surface area contributed by atoms with E-state index in [9.17, 15) is 13.6 Å². The molecule has 0 spiro atoms. The summed E-state index contributed by atoms with van der Waals surface area (Å²) in [5.41, 5.74) is -0.396. The number of carbonyl (C=O) groups excluding carboxylic acids is 1. The Hall–Kier alpha value is -0.970. The molecule has 0 atom stereocenters. The number of nitrogens with one attached hydrogen (secondary N) is 1. The average molecular weight is 332 g/mol. The van der Waals surface area contributed by atoms with Crippen LogP contribution in [0, 0.1) is 28.4 Å². The minimum atomic E-state index is -0.655. The lowest BCUT2D eigenvalue weighted by Crippen LogP contribution is -2.18. The molecule has 0 heterocycles. The maximum absolute atomic E-state index is 13.6. The standard InChI is InChI=1S/C14H16BrF2NO/c1-13(2)11(14(13,3)4)12(19)18-10-6-8(16)7(15)5-9(10)17/h5-6,11H,1-4H3,(H,18,19). The molecule has 2 rings (SSSR count). The molecule has 0 radical (unpaired) electrons. The third-order valence-corrected chi connectivity index (χ3v) is 5.16. The predicted octanol–water partition coefficient (Wildman–Crippen LogP) is 4.35. The second kappa shape index (κ2) is 4.27. The first-order valence-electron chi connectivity index (χ1n) is 6.04. The Kier molecular flexibility index (Phi) is 3.24. The van der Waals surface area contributed by atoms with Gasteiger partial charge in [-0.05, 0) is 32.8 Å².